The van der Waals surface area contributed by atoms with Crippen LogP contribution in [0.5, 0.6) is 0 Å². The Balaban J connectivity index is 2.24. The van der Waals surface area contributed by atoms with Crippen LogP contribution in [-0.2, 0) is 0 Å². The van der Waals surface area contributed by atoms with Crippen LogP contribution in [0.3, 0.4) is 0 Å². The Kier molecular flexibility index (Phi) is 3.86. The summed E-state index contributed by atoms with van der Waals surface area (Å²) in [4.78, 5) is 0.370. The van der Waals surface area contributed by atoms with Crippen LogP contribution in [0.2, 0.25) is 0 Å². The molecule has 0 aliphatic heterocycles. The molecule has 0 atom stereocenters. The molecule has 4 heteroatoms. The van der Waals surface area contributed by atoms with Gasteiger partial charge in [-0.1, -0.05) is 36.5 Å². The molecule has 0 unspecified atom stereocenters. The summed E-state index contributed by atoms with van der Waals surface area (Å²) in [6.45, 7) is 0. The molecule has 0 aliphatic rings. The fourth-order valence-electron chi connectivity index (χ4n) is 1.40. The number of halogens is 2. The number of para-hydroxylation sites is 1. The van der Waals surface area contributed by atoms with Crippen LogP contribution in [0.1, 0.15) is 5.56 Å². The van der Waals surface area contributed by atoms with E-state index in [1.54, 1.807) is 18.2 Å². The maximum Gasteiger partial charge on any atom is 0.133 e. The minimum Gasteiger partial charge on any atom is -0.345 e. The zero-order valence-electron chi connectivity index (χ0n) is 8.78. The van der Waals surface area contributed by atoms with Crippen molar-refractivity contribution in [1.29, 1.82) is 0 Å². The third-order valence-electron chi connectivity index (χ3n) is 2.24. The monoisotopic (exact) mass is 309 g/mol. The van der Waals surface area contributed by atoms with Crippen molar-refractivity contribution in [2.24, 2.45) is 0 Å². The molecule has 0 amide bonds. The van der Waals surface area contributed by atoms with Gasteiger partial charge in [0.25, 0.3) is 0 Å². The predicted octanol–water partition coefficient (Wildman–Crippen LogP) is 4.38. The number of hydrogen-bond donors (Lipinski definition) is 1. The van der Waals surface area contributed by atoms with Gasteiger partial charge in [0.2, 0.25) is 0 Å². The Bertz CT molecular complexity index is 557. The van der Waals surface area contributed by atoms with Gasteiger partial charge in [-0.15, -0.1) is 0 Å². The summed E-state index contributed by atoms with van der Waals surface area (Å²) in [5, 5.41) is 3.01. The number of benzene rings is 2. The molecule has 0 saturated carbocycles. The van der Waals surface area contributed by atoms with E-state index >= 15 is 0 Å². The average Bonchev–Trinajstić information content (AvgIpc) is 2.32. The van der Waals surface area contributed by atoms with Gasteiger partial charge >= 0.3 is 0 Å². The highest BCUT2D eigenvalue weighted by Crippen LogP contribution is 2.22. The van der Waals surface area contributed by atoms with Crippen LogP contribution in [0.4, 0.5) is 10.1 Å². The van der Waals surface area contributed by atoms with Gasteiger partial charge in [-0.25, -0.2) is 4.39 Å². The minimum atomic E-state index is -0.322. The second kappa shape index (κ2) is 5.38. The highest BCUT2D eigenvalue weighted by molar-refractivity contribution is 9.10. The van der Waals surface area contributed by atoms with Gasteiger partial charge in [-0.2, -0.15) is 0 Å². The summed E-state index contributed by atoms with van der Waals surface area (Å²) < 4.78 is 14.4. The largest absolute Gasteiger partial charge is 0.345 e. The van der Waals surface area contributed by atoms with E-state index in [-0.39, 0.29) is 5.82 Å². The Labute approximate surface area is 113 Å². The van der Waals surface area contributed by atoms with Crippen LogP contribution < -0.4 is 5.32 Å². The summed E-state index contributed by atoms with van der Waals surface area (Å²) in [7, 11) is 0. The molecule has 0 radical (unpaired) electrons. The molecule has 0 saturated heterocycles. The molecule has 0 bridgehead atoms. The molecule has 1 N–H and O–H groups in total. The summed E-state index contributed by atoms with van der Waals surface area (Å²) in [6, 6.07) is 14.0. The lowest BCUT2D eigenvalue weighted by Gasteiger charge is -2.10. The zero-order chi connectivity index (χ0) is 12.3. The summed E-state index contributed by atoms with van der Waals surface area (Å²) >= 11 is 8.58. The van der Waals surface area contributed by atoms with Crippen molar-refractivity contribution < 1.29 is 4.39 Å². The maximum atomic E-state index is 13.5. The van der Waals surface area contributed by atoms with Crippen LogP contribution >= 0.6 is 28.1 Å². The topological polar surface area (TPSA) is 12.0 Å². The van der Waals surface area contributed by atoms with E-state index < -0.39 is 0 Å². The van der Waals surface area contributed by atoms with E-state index in [1.165, 1.54) is 6.07 Å². The molecule has 0 fully saturated rings. The zero-order valence-corrected chi connectivity index (χ0v) is 11.2. The molecular formula is C13H9BrFNS. The van der Waals surface area contributed by atoms with Crippen molar-refractivity contribution >= 4 is 38.8 Å². The summed E-state index contributed by atoms with van der Waals surface area (Å²) in [5.41, 5.74) is 1.22. The molecule has 0 aromatic heterocycles. The summed E-state index contributed by atoms with van der Waals surface area (Å²) in [5.74, 6) is -0.322. The van der Waals surface area contributed by atoms with Crippen molar-refractivity contribution in [3.8, 4) is 0 Å². The Hall–Kier alpha value is -1.26. The van der Waals surface area contributed by atoms with E-state index in [4.69, 9.17) is 12.2 Å². The van der Waals surface area contributed by atoms with Crippen LogP contribution in [0.25, 0.3) is 0 Å². The quantitative estimate of drug-likeness (QED) is 0.826. The third-order valence-corrected chi connectivity index (χ3v) is 3.25. The van der Waals surface area contributed by atoms with E-state index in [0.717, 1.165) is 10.2 Å². The van der Waals surface area contributed by atoms with E-state index in [0.29, 0.717) is 10.6 Å². The van der Waals surface area contributed by atoms with Crippen LogP contribution in [-0.4, -0.2) is 4.99 Å². The molecule has 17 heavy (non-hydrogen) atoms. The fourth-order valence-corrected chi connectivity index (χ4v) is 2.06. The minimum absolute atomic E-state index is 0.322. The van der Waals surface area contributed by atoms with Gasteiger partial charge in [0.1, 0.15) is 10.8 Å². The molecule has 1 nitrogen and oxygen atoms in total. The first-order valence-electron chi connectivity index (χ1n) is 4.99. The number of thiocarbonyl (C=S) groups is 1. The van der Waals surface area contributed by atoms with Crippen LogP contribution in [0, 0.1) is 5.82 Å². The van der Waals surface area contributed by atoms with E-state index in [9.17, 15) is 4.39 Å². The van der Waals surface area contributed by atoms with Gasteiger partial charge in [-0.05, 0) is 40.2 Å². The van der Waals surface area contributed by atoms with Crippen molar-refractivity contribution in [2.45, 2.75) is 0 Å². The number of anilines is 1. The number of nitrogens with one attached hydrogen (secondary N) is 1. The lowest BCUT2D eigenvalue weighted by Crippen LogP contribution is -2.12. The SMILES string of the molecule is Fc1ccccc1C(=S)Nc1ccccc1Br. The smallest absolute Gasteiger partial charge is 0.133 e. The predicted molar refractivity (Wildman–Crippen MR) is 75.9 cm³/mol. The van der Waals surface area contributed by atoms with Crippen molar-refractivity contribution in [3.05, 3.63) is 64.4 Å². The van der Waals surface area contributed by atoms with Gasteiger partial charge in [0.15, 0.2) is 0 Å². The third kappa shape index (κ3) is 2.90. The molecule has 2 aromatic carbocycles. The molecule has 2 rings (SSSR count). The average molecular weight is 310 g/mol. The van der Waals surface area contributed by atoms with Gasteiger partial charge in [0, 0.05) is 10.0 Å². The Morgan fingerprint density at radius 3 is 2.41 bits per heavy atom. The lowest BCUT2D eigenvalue weighted by molar-refractivity contribution is 0.625. The second-order valence-electron chi connectivity index (χ2n) is 3.41. The summed E-state index contributed by atoms with van der Waals surface area (Å²) in [6.07, 6.45) is 0. The highest BCUT2D eigenvalue weighted by Gasteiger charge is 2.08. The molecule has 86 valence electrons. The molecule has 2 aromatic rings. The Morgan fingerprint density at radius 2 is 1.71 bits per heavy atom. The second-order valence-corrected chi connectivity index (χ2v) is 4.68. The van der Waals surface area contributed by atoms with Gasteiger partial charge in [-0.3, -0.25) is 0 Å². The van der Waals surface area contributed by atoms with Gasteiger partial charge in [0.05, 0.1) is 5.69 Å². The first kappa shape index (κ1) is 12.2. The van der Waals surface area contributed by atoms with E-state index in [1.807, 2.05) is 24.3 Å². The van der Waals surface area contributed by atoms with E-state index in [2.05, 4.69) is 21.2 Å². The lowest BCUT2D eigenvalue weighted by atomic mass is 10.2. The number of rotatable bonds is 2. The number of hydrogen-bond acceptors (Lipinski definition) is 1. The molecular weight excluding hydrogens is 301 g/mol. The Morgan fingerprint density at radius 1 is 1.06 bits per heavy atom. The fraction of sp³-hybridized carbons (Fsp3) is 0. The van der Waals surface area contributed by atoms with Crippen molar-refractivity contribution in [1.82, 2.24) is 0 Å². The highest BCUT2D eigenvalue weighted by atomic mass is 79.9. The standard InChI is InChI=1S/C13H9BrFNS/c14-10-6-2-4-8-12(10)16-13(17)9-5-1-3-7-11(9)15/h1-8H,(H,16,17). The van der Waals surface area contributed by atoms with Crippen molar-refractivity contribution in [3.63, 3.8) is 0 Å². The molecule has 0 heterocycles. The molecule has 0 aliphatic carbocycles. The normalized spacial score (nSPS) is 10.0. The van der Waals surface area contributed by atoms with Crippen LogP contribution in [0.15, 0.2) is 53.0 Å². The van der Waals surface area contributed by atoms with Gasteiger partial charge < -0.3 is 5.32 Å². The maximum absolute atomic E-state index is 13.5. The molecule has 0 spiro atoms. The van der Waals surface area contributed by atoms with Crippen molar-refractivity contribution in [2.75, 3.05) is 5.32 Å². The first-order valence-corrected chi connectivity index (χ1v) is 6.19. The first-order chi connectivity index (χ1) is 8.18.